The lowest BCUT2D eigenvalue weighted by Gasteiger charge is -1.97. The second-order valence-electron chi connectivity index (χ2n) is 2.77. The van der Waals surface area contributed by atoms with Crippen molar-refractivity contribution in [2.75, 3.05) is 6.61 Å². The fourth-order valence-electron chi connectivity index (χ4n) is 0.848. The lowest BCUT2D eigenvalue weighted by atomic mass is 10.3. The van der Waals surface area contributed by atoms with Crippen molar-refractivity contribution in [3.63, 3.8) is 0 Å². The summed E-state index contributed by atoms with van der Waals surface area (Å²) in [6, 6.07) is 5.29. The van der Waals surface area contributed by atoms with Gasteiger partial charge in [-0.1, -0.05) is 6.07 Å². The third-order valence-electron chi connectivity index (χ3n) is 1.58. The molecule has 0 aliphatic heterocycles. The van der Waals surface area contributed by atoms with E-state index in [2.05, 4.69) is 15.2 Å². The Kier molecular flexibility index (Phi) is 4.24. The van der Waals surface area contributed by atoms with Gasteiger partial charge in [-0.05, 0) is 12.1 Å². The zero-order valence-corrected chi connectivity index (χ0v) is 8.17. The molecule has 0 aliphatic rings. The quantitative estimate of drug-likeness (QED) is 0.349. The number of hydrogen-bond acceptors (Lipinski definition) is 4. The number of pyridine rings is 1. The Morgan fingerprint density at radius 1 is 1.33 bits per heavy atom. The molecule has 0 spiro atoms. The van der Waals surface area contributed by atoms with Crippen LogP contribution >= 0.6 is 0 Å². The summed E-state index contributed by atoms with van der Waals surface area (Å²) in [7, 11) is 0. The molecule has 80 valence electrons. The molecule has 15 heavy (non-hydrogen) atoms. The predicted octanol–water partition coefficient (Wildman–Crippen LogP) is -0.558. The van der Waals surface area contributed by atoms with E-state index in [1.54, 1.807) is 24.4 Å². The fourth-order valence-corrected chi connectivity index (χ4v) is 0.848. The largest absolute Gasteiger partial charge is 0.396 e. The van der Waals surface area contributed by atoms with Gasteiger partial charge < -0.3 is 16.6 Å². The van der Waals surface area contributed by atoms with Gasteiger partial charge in [0.25, 0.3) is 0 Å². The molecule has 0 atom stereocenters. The van der Waals surface area contributed by atoms with E-state index < -0.39 is 0 Å². The Morgan fingerprint density at radius 3 is 2.73 bits per heavy atom. The third-order valence-corrected chi connectivity index (χ3v) is 1.58. The molecule has 0 fully saturated rings. The Labute approximate surface area is 87.3 Å². The van der Waals surface area contributed by atoms with Crippen molar-refractivity contribution in [1.29, 1.82) is 0 Å². The Hall–Kier alpha value is -1.95. The highest BCUT2D eigenvalue weighted by Gasteiger charge is 1.97. The van der Waals surface area contributed by atoms with Crippen molar-refractivity contribution in [1.82, 2.24) is 4.98 Å². The average Bonchev–Trinajstić information content (AvgIpc) is 2.27. The van der Waals surface area contributed by atoms with Gasteiger partial charge in [0.05, 0.1) is 6.61 Å². The molecule has 0 aliphatic carbocycles. The average molecular weight is 207 g/mol. The van der Waals surface area contributed by atoms with E-state index in [4.69, 9.17) is 16.6 Å². The number of hydrogen-bond donors (Lipinski definition) is 3. The van der Waals surface area contributed by atoms with Crippen LogP contribution in [0.4, 0.5) is 0 Å². The van der Waals surface area contributed by atoms with Gasteiger partial charge in [0.2, 0.25) is 0 Å². The number of rotatable bonds is 4. The molecule has 1 aromatic rings. The SMILES string of the molecule is N/C(CCO)=N\N=C(/N)c1ccccn1. The van der Waals surface area contributed by atoms with Gasteiger partial charge in [0, 0.05) is 12.6 Å². The molecular formula is C9H13N5O. The van der Waals surface area contributed by atoms with E-state index in [1.807, 2.05) is 0 Å². The van der Waals surface area contributed by atoms with Crippen LogP contribution in [0.5, 0.6) is 0 Å². The van der Waals surface area contributed by atoms with E-state index in [0.717, 1.165) is 0 Å². The van der Waals surface area contributed by atoms with Gasteiger partial charge in [0.1, 0.15) is 11.5 Å². The molecule has 0 saturated carbocycles. The molecule has 0 radical (unpaired) electrons. The molecule has 0 bridgehead atoms. The Morgan fingerprint density at radius 2 is 2.13 bits per heavy atom. The minimum atomic E-state index is -0.0612. The topological polar surface area (TPSA) is 110 Å². The zero-order chi connectivity index (χ0) is 11.1. The van der Waals surface area contributed by atoms with Crippen LogP contribution in [0, 0.1) is 0 Å². The standard InChI is InChI=1S/C9H13N5O/c10-8(4-6-15)13-14-9(11)7-3-1-2-5-12-7/h1-3,5,15H,4,6H2,(H2,10,13)(H2,11,14). The van der Waals surface area contributed by atoms with Gasteiger partial charge >= 0.3 is 0 Å². The minimum Gasteiger partial charge on any atom is -0.396 e. The summed E-state index contributed by atoms with van der Waals surface area (Å²) in [6.45, 7) is -0.0612. The van der Waals surface area contributed by atoms with Crippen LogP contribution in [0.2, 0.25) is 0 Å². The first-order chi connectivity index (χ1) is 7.24. The van der Waals surface area contributed by atoms with Crippen LogP contribution in [0.3, 0.4) is 0 Å². The molecule has 6 nitrogen and oxygen atoms in total. The number of amidine groups is 2. The first-order valence-electron chi connectivity index (χ1n) is 4.41. The smallest absolute Gasteiger partial charge is 0.172 e. The normalized spacial score (nSPS) is 12.9. The van der Waals surface area contributed by atoms with Gasteiger partial charge in [-0.3, -0.25) is 4.98 Å². The zero-order valence-electron chi connectivity index (χ0n) is 8.17. The van der Waals surface area contributed by atoms with Crippen LogP contribution in [-0.2, 0) is 0 Å². The molecule has 1 rings (SSSR count). The van der Waals surface area contributed by atoms with Crippen LogP contribution in [0.1, 0.15) is 12.1 Å². The predicted molar refractivity (Wildman–Crippen MR) is 58.3 cm³/mol. The number of nitrogens with two attached hydrogens (primary N) is 2. The molecule has 0 unspecified atom stereocenters. The summed E-state index contributed by atoms with van der Waals surface area (Å²) in [4.78, 5) is 3.99. The maximum atomic E-state index is 8.57. The highest BCUT2D eigenvalue weighted by Crippen LogP contribution is 1.93. The summed E-state index contributed by atoms with van der Waals surface area (Å²) >= 11 is 0. The summed E-state index contributed by atoms with van der Waals surface area (Å²) in [5, 5.41) is 15.9. The molecular weight excluding hydrogens is 194 g/mol. The maximum absolute atomic E-state index is 8.57. The maximum Gasteiger partial charge on any atom is 0.172 e. The second-order valence-corrected chi connectivity index (χ2v) is 2.77. The van der Waals surface area contributed by atoms with Gasteiger partial charge in [-0.25, -0.2) is 0 Å². The number of aliphatic hydroxyl groups is 1. The highest BCUT2D eigenvalue weighted by atomic mass is 16.3. The Balaban J connectivity index is 2.73. The molecule has 0 saturated heterocycles. The van der Waals surface area contributed by atoms with Crippen molar-refractivity contribution in [2.24, 2.45) is 21.7 Å². The summed E-state index contributed by atoms with van der Waals surface area (Å²) < 4.78 is 0. The Bertz CT molecular complexity index is 360. The van der Waals surface area contributed by atoms with Crippen LogP contribution < -0.4 is 11.5 Å². The van der Waals surface area contributed by atoms with Crippen LogP contribution in [0.15, 0.2) is 34.6 Å². The fraction of sp³-hybridized carbons (Fsp3) is 0.222. The van der Waals surface area contributed by atoms with Gasteiger partial charge in [0.15, 0.2) is 5.84 Å². The molecule has 1 aromatic heterocycles. The first-order valence-corrected chi connectivity index (χ1v) is 4.41. The summed E-state index contributed by atoms with van der Waals surface area (Å²) in [6.07, 6.45) is 1.89. The first kappa shape index (κ1) is 11.1. The minimum absolute atomic E-state index is 0.0612. The lowest BCUT2D eigenvalue weighted by Crippen LogP contribution is -2.16. The second kappa shape index (κ2) is 5.71. The lowest BCUT2D eigenvalue weighted by molar-refractivity contribution is 0.306. The highest BCUT2D eigenvalue weighted by molar-refractivity contribution is 5.96. The van der Waals surface area contributed by atoms with Crippen molar-refractivity contribution in [3.05, 3.63) is 30.1 Å². The van der Waals surface area contributed by atoms with Crippen molar-refractivity contribution < 1.29 is 5.11 Å². The van der Waals surface area contributed by atoms with E-state index in [1.165, 1.54) is 0 Å². The van der Waals surface area contributed by atoms with E-state index >= 15 is 0 Å². The molecule has 5 N–H and O–H groups in total. The number of aliphatic hydroxyl groups excluding tert-OH is 1. The summed E-state index contributed by atoms with van der Waals surface area (Å²) in [5.74, 6) is 0.424. The number of aromatic nitrogens is 1. The van der Waals surface area contributed by atoms with E-state index in [0.29, 0.717) is 5.69 Å². The van der Waals surface area contributed by atoms with E-state index in [9.17, 15) is 0 Å². The van der Waals surface area contributed by atoms with E-state index in [-0.39, 0.29) is 24.7 Å². The molecule has 6 heteroatoms. The van der Waals surface area contributed by atoms with Crippen LogP contribution in [0.25, 0.3) is 0 Å². The summed E-state index contributed by atoms with van der Waals surface area (Å²) in [5.41, 5.74) is 11.6. The molecule has 0 aromatic carbocycles. The molecule has 0 amide bonds. The van der Waals surface area contributed by atoms with Gasteiger partial charge in [-0.15, -0.1) is 10.2 Å². The third kappa shape index (κ3) is 3.74. The van der Waals surface area contributed by atoms with Crippen molar-refractivity contribution in [2.45, 2.75) is 6.42 Å². The number of nitrogens with zero attached hydrogens (tertiary/aromatic N) is 3. The van der Waals surface area contributed by atoms with Crippen molar-refractivity contribution >= 4 is 11.7 Å². The monoisotopic (exact) mass is 207 g/mol. The molecule has 1 heterocycles. The van der Waals surface area contributed by atoms with Crippen molar-refractivity contribution in [3.8, 4) is 0 Å². The van der Waals surface area contributed by atoms with Gasteiger partial charge in [-0.2, -0.15) is 0 Å². The van der Waals surface area contributed by atoms with Crippen LogP contribution in [-0.4, -0.2) is 28.4 Å².